The van der Waals surface area contributed by atoms with Gasteiger partial charge in [-0.1, -0.05) is 0 Å². The van der Waals surface area contributed by atoms with Crippen LogP contribution in [0.25, 0.3) is 0 Å². The summed E-state index contributed by atoms with van der Waals surface area (Å²) in [5.41, 5.74) is 0. The van der Waals surface area contributed by atoms with Gasteiger partial charge in [0, 0.05) is 13.1 Å². The van der Waals surface area contributed by atoms with E-state index in [0.29, 0.717) is 12.1 Å². The van der Waals surface area contributed by atoms with Gasteiger partial charge in [0.15, 0.2) is 0 Å². The second kappa shape index (κ2) is 2.25. The molecule has 9 heavy (non-hydrogen) atoms. The van der Waals surface area contributed by atoms with Gasteiger partial charge < -0.3 is 10.1 Å². The highest BCUT2D eigenvalue weighted by atomic mass is 16.5. The Balaban J connectivity index is 1.96. The van der Waals surface area contributed by atoms with E-state index in [1.165, 1.54) is 0 Å². The predicted octanol–water partition coefficient (Wildman–Crippen LogP) is -1.04. The fourth-order valence-corrected chi connectivity index (χ4v) is 1.36. The van der Waals surface area contributed by atoms with Crippen molar-refractivity contribution in [2.75, 3.05) is 26.3 Å². The average Bonchev–Trinajstić information content (AvgIpc) is 1.88. The SMILES string of the molecule is C1NCC2COCC1[N]2. The molecule has 0 saturated carbocycles. The molecule has 0 aliphatic carbocycles. The molecule has 2 rings (SSSR count). The van der Waals surface area contributed by atoms with Gasteiger partial charge >= 0.3 is 0 Å². The first kappa shape index (κ1) is 5.65. The van der Waals surface area contributed by atoms with E-state index in [-0.39, 0.29) is 0 Å². The zero-order valence-corrected chi connectivity index (χ0v) is 5.34. The van der Waals surface area contributed by atoms with E-state index in [2.05, 4.69) is 10.6 Å². The molecule has 2 heterocycles. The molecule has 0 amide bonds. The van der Waals surface area contributed by atoms with Gasteiger partial charge in [-0.15, -0.1) is 0 Å². The number of piperazine rings is 1. The Morgan fingerprint density at radius 1 is 1.22 bits per heavy atom. The van der Waals surface area contributed by atoms with Crippen LogP contribution >= 0.6 is 0 Å². The Morgan fingerprint density at radius 3 is 2.44 bits per heavy atom. The van der Waals surface area contributed by atoms with Crippen molar-refractivity contribution in [2.24, 2.45) is 0 Å². The van der Waals surface area contributed by atoms with Gasteiger partial charge in [-0.2, -0.15) is 0 Å². The Kier molecular flexibility index (Phi) is 1.41. The van der Waals surface area contributed by atoms with Gasteiger partial charge in [-0.05, 0) is 0 Å². The summed E-state index contributed by atoms with van der Waals surface area (Å²) in [6, 6.07) is 0.884. The van der Waals surface area contributed by atoms with E-state index in [1.807, 2.05) is 0 Å². The normalized spacial score (nSPS) is 42.7. The molecule has 2 atom stereocenters. The quantitative estimate of drug-likeness (QED) is 0.451. The van der Waals surface area contributed by atoms with Crippen molar-refractivity contribution in [2.45, 2.75) is 12.1 Å². The Morgan fingerprint density at radius 2 is 1.89 bits per heavy atom. The molecule has 2 aliphatic rings. The summed E-state index contributed by atoms with van der Waals surface area (Å²) in [6.45, 7) is 3.67. The number of hydrogen-bond donors (Lipinski definition) is 1. The monoisotopic (exact) mass is 127 g/mol. The van der Waals surface area contributed by atoms with E-state index in [9.17, 15) is 0 Å². The van der Waals surface area contributed by atoms with E-state index < -0.39 is 0 Å². The van der Waals surface area contributed by atoms with Gasteiger partial charge in [0.25, 0.3) is 0 Å². The molecule has 3 heteroatoms. The molecule has 2 fully saturated rings. The van der Waals surface area contributed by atoms with Crippen LogP contribution in [-0.2, 0) is 4.74 Å². The molecule has 3 nitrogen and oxygen atoms in total. The van der Waals surface area contributed by atoms with Crippen LogP contribution in [0.3, 0.4) is 0 Å². The van der Waals surface area contributed by atoms with Crippen LogP contribution in [0.15, 0.2) is 0 Å². The van der Waals surface area contributed by atoms with Crippen LogP contribution < -0.4 is 10.6 Å². The molecular formula is C6H11N2O. The summed E-state index contributed by atoms with van der Waals surface area (Å²) in [7, 11) is 0. The first-order valence-corrected chi connectivity index (χ1v) is 3.43. The minimum atomic E-state index is 0.442. The van der Waals surface area contributed by atoms with Crippen LogP contribution in [0, 0.1) is 0 Å². The molecule has 2 saturated heterocycles. The zero-order chi connectivity index (χ0) is 6.10. The van der Waals surface area contributed by atoms with Crippen molar-refractivity contribution in [3.8, 4) is 0 Å². The summed E-state index contributed by atoms with van der Waals surface area (Å²) in [5.74, 6) is 0. The van der Waals surface area contributed by atoms with Crippen molar-refractivity contribution in [3.05, 3.63) is 0 Å². The Labute approximate surface area is 54.8 Å². The Bertz CT molecular complexity index is 87.2. The molecule has 2 aliphatic heterocycles. The maximum Gasteiger partial charge on any atom is 0.0649 e. The highest BCUT2D eigenvalue weighted by Gasteiger charge is 2.26. The van der Waals surface area contributed by atoms with Crippen LogP contribution in [0.1, 0.15) is 0 Å². The van der Waals surface area contributed by atoms with E-state index >= 15 is 0 Å². The second-order valence-electron chi connectivity index (χ2n) is 2.65. The van der Waals surface area contributed by atoms with E-state index in [4.69, 9.17) is 4.74 Å². The van der Waals surface area contributed by atoms with E-state index in [0.717, 1.165) is 26.3 Å². The number of hydrogen-bond acceptors (Lipinski definition) is 2. The lowest BCUT2D eigenvalue weighted by Crippen LogP contribution is -2.57. The number of nitrogens with one attached hydrogen (secondary N) is 1. The fourth-order valence-electron chi connectivity index (χ4n) is 1.36. The molecule has 0 aromatic heterocycles. The lowest BCUT2D eigenvalue weighted by atomic mass is 10.1. The van der Waals surface area contributed by atoms with Crippen LogP contribution in [0.5, 0.6) is 0 Å². The lowest BCUT2D eigenvalue weighted by Gasteiger charge is -2.34. The van der Waals surface area contributed by atoms with Crippen molar-refractivity contribution >= 4 is 0 Å². The van der Waals surface area contributed by atoms with Gasteiger partial charge in [-0.3, -0.25) is 0 Å². The maximum atomic E-state index is 5.30. The molecule has 0 aromatic carbocycles. The number of nitrogens with zero attached hydrogens (tertiary/aromatic N) is 1. The molecule has 1 N–H and O–H groups in total. The van der Waals surface area contributed by atoms with Gasteiger partial charge in [-0.25, -0.2) is 5.32 Å². The number of rotatable bonds is 0. The minimum Gasteiger partial charge on any atom is -0.378 e. The van der Waals surface area contributed by atoms with Crippen LogP contribution in [0.2, 0.25) is 0 Å². The van der Waals surface area contributed by atoms with Gasteiger partial charge in [0.05, 0.1) is 25.3 Å². The minimum absolute atomic E-state index is 0.442. The summed E-state index contributed by atoms with van der Waals surface area (Å²) in [5, 5.41) is 7.81. The summed E-state index contributed by atoms with van der Waals surface area (Å²) < 4.78 is 5.30. The van der Waals surface area contributed by atoms with Crippen molar-refractivity contribution in [1.29, 1.82) is 0 Å². The first-order chi connectivity index (χ1) is 4.45. The Hall–Kier alpha value is -0.120. The standard InChI is InChI=1S/C6H11N2O/c1-5-3-9-4-6(8-5)2-7-1/h5-7H,1-4H2. The summed E-state index contributed by atoms with van der Waals surface area (Å²) in [6.07, 6.45) is 0. The number of ether oxygens (including phenoxy) is 1. The molecule has 0 spiro atoms. The summed E-state index contributed by atoms with van der Waals surface area (Å²) >= 11 is 0. The lowest BCUT2D eigenvalue weighted by molar-refractivity contribution is 0.0281. The molecule has 1 radical (unpaired) electrons. The topological polar surface area (TPSA) is 35.4 Å². The third-order valence-electron chi connectivity index (χ3n) is 1.80. The molecule has 0 aromatic rings. The van der Waals surface area contributed by atoms with Crippen molar-refractivity contribution < 1.29 is 4.74 Å². The molecular weight excluding hydrogens is 116 g/mol. The fraction of sp³-hybridized carbons (Fsp3) is 1.00. The largest absolute Gasteiger partial charge is 0.378 e. The van der Waals surface area contributed by atoms with Crippen LogP contribution in [0.4, 0.5) is 0 Å². The van der Waals surface area contributed by atoms with Gasteiger partial charge in [0.2, 0.25) is 0 Å². The smallest absolute Gasteiger partial charge is 0.0649 e. The summed E-state index contributed by atoms with van der Waals surface area (Å²) in [4.78, 5) is 0. The van der Waals surface area contributed by atoms with Crippen LogP contribution in [-0.4, -0.2) is 38.4 Å². The third-order valence-corrected chi connectivity index (χ3v) is 1.80. The maximum absolute atomic E-state index is 5.30. The predicted molar refractivity (Wildman–Crippen MR) is 33.4 cm³/mol. The van der Waals surface area contributed by atoms with E-state index in [1.54, 1.807) is 0 Å². The molecule has 2 bridgehead atoms. The second-order valence-corrected chi connectivity index (χ2v) is 2.65. The van der Waals surface area contributed by atoms with Crippen molar-refractivity contribution in [1.82, 2.24) is 10.6 Å². The highest BCUT2D eigenvalue weighted by Crippen LogP contribution is 2.04. The number of fused-ring (bicyclic) bond motifs is 2. The third kappa shape index (κ3) is 1.08. The zero-order valence-electron chi connectivity index (χ0n) is 5.34. The molecule has 51 valence electrons. The van der Waals surface area contributed by atoms with Gasteiger partial charge in [0.1, 0.15) is 0 Å². The number of morpholine rings is 1. The first-order valence-electron chi connectivity index (χ1n) is 3.43. The van der Waals surface area contributed by atoms with Crippen molar-refractivity contribution in [3.63, 3.8) is 0 Å². The highest BCUT2D eigenvalue weighted by molar-refractivity contribution is 4.85. The molecule has 2 unspecified atom stereocenters. The average molecular weight is 127 g/mol.